The van der Waals surface area contributed by atoms with Crippen LogP contribution in [0, 0.1) is 0 Å². The number of benzene rings is 1. The third-order valence-electron chi connectivity index (χ3n) is 4.32. The fourth-order valence-electron chi connectivity index (χ4n) is 3.02. The molecule has 1 atom stereocenters. The van der Waals surface area contributed by atoms with Crippen molar-refractivity contribution in [2.24, 2.45) is 0 Å². The smallest absolute Gasteiger partial charge is 0.243 e. The number of amides is 1. The number of hydrogen-bond donors (Lipinski definition) is 1. The first-order chi connectivity index (χ1) is 13.4. The molecule has 0 saturated heterocycles. The fraction of sp³-hybridized carbons (Fsp3) is 0.444. The minimum absolute atomic E-state index is 0.354. The van der Waals surface area contributed by atoms with E-state index in [0.717, 1.165) is 10.6 Å². The van der Waals surface area contributed by atoms with Crippen molar-refractivity contribution in [3.05, 3.63) is 36.9 Å². The van der Waals surface area contributed by atoms with Gasteiger partial charge in [0.15, 0.2) is 11.5 Å². The Morgan fingerprint density at radius 2 is 2.07 bits per heavy atom. The molecule has 1 aromatic heterocycles. The van der Waals surface area contributed by atoms with Crippen LogP contribution in [0.25, 0.3) is 0 Å². The summed E-state index contributed by atoms with van der Waals surface area (Å²) >= 11 is 0. The summed E-state index contributed by atoms with van der Waals surface area (Å²) in [6.07, 6.45) is 7.03. The molecule has 1 amide bonds. The lowest BCUT2D eigenvalue weighted by atomic mass is 10.2. The van der Waals surface area contributed by atoms with Gasteiger partial charge < -0.3 is 19.4 Å². The van der Waals surface area contributed by atoms with Gasteiger partial charge in [0, 0.05) is 31.5 Å². The van der Waals surface area contributed by atoms with Crippen LogP contribution in [-0.4, -0.2) is 55.9 Å². The van der Waals surface area contributed by atoms with Crippen LogP contribution in [0.1, 0.15) is 13.3 Å². The molecule has 10 heteroatoms. The van der Waals surface area contributed by atoms with E-state index in [1.807, 2.05) is 10.8 Å². The molecule has 2 heterocycles. The van der Waals surface area contributed by atoms with Crippen molar-refractivity contribution in [3.63, 3.8) is 0 Å². The maximum Gasteiger partial charge on any atom is 0.243 e. The normalized spacial score (nSPS) is 14.4. The lowest BCUT2D eigenvalue weighted by Crippen LogP contribution is -2.48. The Morgan fingerprint density at radius 3 is 2.75 bits per heavy atom. The van der Waals surface area contributed by atoms with Crippen molar-refractivity contribution in [2.45, 2.75) is 25.9 Å². The third kappa shape index (κ3) is 4.75. The molecule has 28 heavy (non-hydrogen) atoms. The first kappa shape index (κ1) is 20.0. The first-order valence-corrected chi connectivity index (χ1v) is 10.8. The van der Waals surface area contributed by atoms with E-state index in [0.29, 0.717) is 49.9 Å². The Balaban J connectivity index is 1.68. The van der Waals surface area contributed by atoms with Gasteiger partial charge in [0.05, 0.1) is 18.3 Å². The number of aromatic nitrogens is 2. The van der Waals surface area contributed by atoms with Crippen molar-refractivity contribution in [1.82, 2.24) is 14.9 Å². The molecule has 1 aromatic carbocycles. The Morgan fingerprint density at radius 1 is 1.32 bits per heavy atom. The molecule has 0 fully saturated rings. The van der Waals surface area contributed by atoms with E-state index in [9.17, 15) is 13.2 Å². The number of anilines is 1. The lowest BCUT2D eigenvalue weighted by Gasteiger charge is -2.29. The Bertz CT molecular complexity index is 914. The van der Waals surface area contributed by atoms with E-state index in [1.54, 1.807) is 37.6 Å². The van der Waals surface area contributed by atoms with Crippen LogP contribution in [0.3, 0.4) is 0 Å². The topological polar surface area (TPSA) is 103 Å². The SMILES string of the molecule is C[C@@H](C(=O)NCCCn1ccnc1)N(c1ccc2c(c1)OCCO2)S(C)(=O)=O. The summed E-state index contributed by atoms with van der Waals surface area (Å²) in [7, 11) is -3.69. The molecular formula is C18H24N4O5S. The molecule has 0 bridgehead atoms. The van der Waals surface area contributed by atoms with Gasteiger partial charge in [0.25, 0.3) is 0 Å². The highest BCUT2D eigenvalue weighted by molar-refractivity contribution is 7.92. The molecule has 1 aliphatic heterocycles. The zero-order valence-electron chi connectivity index (χ0n) is 15.9. The summed E-state index contributed by atoms with van der Waals surface area (Å²) in [4.78, 5) is 16.5. The summed E-state index contributed by atoms with van der Waals surface area (Å²) in [5.74, 6) is 0.649. The second kappa shape index (κ2) is 8.51. The van der Waals surface area contributed by atoms with Gasteiger partial charge in [-0.3, -0.25) is 9.10 Å². The second-order valence-corrected chi connectivity index (χ2v) is 8.37. The fourth-order valence-corrected chi connectivity index (χ4v) is 4.18. The first-order valence-electron chi connectivity index (χ1n) is 8.99. The minimum Gasteiger partial charge on any atom is -0.486 e. The summed E-state index contributed by atoms with van der Waals surface area (Å²) in [6.45, 7) is 3.54. The number of sulfonamides is 1. The van der Waals surface area contributed by atoms with Crippen LogP contribution < -0.4 is 19.1 Å². The van der Waals surface area contributed by atoms with E-state index in [2.05, 4.69) is 10.3 Å². The minimum atomic E-state index is -3.69. The van der Waals surface area contributed by atoms with Crippen molar-refractivity contribution in [3.8, 4) is 11.5 Å². The molecule has 9 nitrogen and oxygen atoms in total. The molecule has 1 aliphatic rings. The number of ether oxygens (including phenoxy) is 2. The number of imidazole rings is 1. The zero-order chi connectivity index (χ0) is 20.1. The predicted molar refractivity (Wildman–Crippen MR) is 104 cm³/mol. The molecule has 1 N–H and O–H groups in total. The largest absolute Gasteiger partial charge is 0.486 e. The summed E-state index contributed by atoms with van der Waals surface area (Å²) in [5.41, 5.74) is 0.354. The average Bonchev–Trinajstić information content (AvgIpc) is 3.17. The third-order valence-corrected chi connectivity index (χ3v) is 5.56. The van der Waals surface area contributed by atoms with E-state index >= 15 is 0 Å². The van der Waals surface area contributed by atoms with Crippen molar-refractivity contribution >= 4 is 21.6 Å². The van der Waals surface area contributed by atoms with E-state index < -0.39 is 16.1 Å². The van der Waals surface area contributed by atoms with Crippen LogP contribution in [0.5, 0.6) is 11.5 Å². The Labute approximate surface area is 164 Å². The van der Waals surface area contributed by atoms with Crippen LogP contribution in [0.15, 0.2) is 36.9 Å². The highest BCUT2D eigenvalue weighted by atomic mass is 32.2. The number of nitrogens with one attached hydrogen (secondary N) is 1. The Hall–Kier alpha value is -2.75. The molecule has 2 aromatic rings. The number of carbonyl (C=O) groups is 1. The van der Waals surface area contributed by atoms with Crippen LogP contribution in [0.4, 0.5) is 5.69 Å². The number of fused-ring (bicyclic) bond motifs is 1. The van der Waals surface area contributed by atoms with Gasteiger partial charge in [-0.1, -0.05) is 0 Å². The summed E-state index contributed by atoms with van der Waals surface area (Å²) in [5, 5.41) is 2.79. The molecule has 0 aliphatic carbocycles. The summed E-state index contributed by atoms with van der Waals surface area (Å²) < 4.78 is 38.8. The zero-order valence-corrected chi connectivity index (χ0v) is 16.7. The van der Waals surface area contributed by atoms with Crippen LogP contribution in [-0.2, 0) is 21.4 Å². The standard InChI is InChI=1S/C18H24N4O5S/c1-14(18(23)20-6-3-8-21-9-7-19-13-21)22(28(2,24)25)15-4-5-16-17(12-15)27-11-10-26-16/h4-5,7,9,12-14H,3,6,8,10-11H2,1-2H3,(H,20,23)/t14-/m0/s1. The van der Waals surface area contributed by atoms with Gasteiger partial charge in [0.1, 0.15) is 19.3 Å². The van der Waals surface area contributed by atoms with E-state index in [-0.39, 0.29) is 5.91 Å². The molecule has 0 unspecified atom stereocenters. The van der Waals surface area contributed by atoms with Crippen molar-refractivity contribution in [2.75, 3.05) is 30.3 Å². The Kier molecular flexibility index (Phi) is 6.08. The molecule has 0 saturated carbocycles. The number of aryl methyl sites for hydroxylation is 1. The highest BCUT2D eigenvalue weighted by Gasteiger charge is 2.30. The van der Waals surface area contributed by atoms with Crippen LogP contribution in [0.2, 0.25) is 0 Å². The summed E-state index contributed by atoms with van der Waals surface area (Å²) in [6, 6.07) is 3.93. The molecule has 3 rings (SSSR count). The van der Waals surface area contributed by atoms with Gasteiger partial charge in [0.2, 0.25) is 15.9 Å². The van der Waals surface area contributed by atoms with Gasteiger partial charge in [-0.2, -0.15) is 0 Å². The maximum absolute atomic E-state index is 12.6. The van der Waals surface area contributed by atoms with Crippen LogP contribution >= 0.6 is 0 Å². The second-order valence-electron chi connectivity index (χ2n) is 6.51. The van der Waals surface area contributed by atoms with Gasteiger partial charge in [-0.05, 0) is 25.5 Å². The number of rotatable bonds is 8. The molecule has 0 radical (unpaired) electrons. The quantitative estimate of drug-likeness (QED) is 0.654. The average molecular weight is 408 g/mol. The number of hydrogen-bond acceptors (Lipinski definition) is 6. The van der Waals surface area contributed by atoms with Gasteiger partial charge >= 0.3 is 0 Å². The monoisotopic (exact) mass is 408 g/mol. The van der Waals surface area contributed by atoms with Crippen molar-refractivity contribution in [1.29, 1.82) is 0 Å². The predicted octanol–water partition coefficient (Wildman–Crippen LogP) is 1.02. The van der Waals surface area contributed by atoms with E-state index in [4.69, 9.17) is 9.47 Å². The van der Waals surface area contributed by atoms with E-state index in [1.165, 1.54) is 0 Å². The maximum atomic E-state index is 12.6. The van der Waals surface area contributed by atoms with Gasteiger partial charge in [-0.25, -0.2) is 13.4 Å². The highest BCUT2D eigenvalue weighted by Crippen LogP contribution is 2.35. The van der Waals surface area contributed by atoms with Crippen molar-refractivity contribution < 1.29 is 22.7 Å². The van der Waals surface area contributed by atoms with Gasteiger partial charge in [-0.15, -0.1) is 0 Å². The lowest BCUT2D eigenvalue weighted by molar-refractivity contribution is -0.121. The number of nitrogens with zero attached hydrogens (tertiary/aromatic N) is 3. The molecule has 0 spiro atoms. The number of carbonyl (C=O) groups excluding carboxylic acids is 1. The molecular weight excluding hydrogens is 384 g/mol. The molecule has 152 valence electrons.